The molecule has 2 aromatic carbocycles. The number of hydrogen-bond acceptors (Lipinski definition) is 5. The van der Waals surface area contributed by atoms with Crippen LogP contribution < -0.4 is 5.32 Å². The molecule has 0 radical (unpaired) electrons. The van der Waals surface area contributed by atoms with Gasteiger partial charge >= 0.3 is 5.97 Å². The summed E-state index contributed by atoms with van der Waals surface area (Å²) in [6.45, 7) is -0.441. The zero-order valence-electron chi connectivity index (χ0n) is 13.6. The molecule has 5 nitrogen and oxygen atoms in total. The van der Waals surface area contributed by atoms with Crippen molar-refractivity contribution in [2.75, 3.05) is 17.7 Å². The third-order valence-electron chi connectivity index (χ3n) is 3.08. The zero-order valence-corrected chi connectivity index (χ0v) is 14.5. The molecule has 0 saturated carbocycles. The maximum Gasteiger partial charge on any atom is 0.331 e. The lowest BCUT2D eigenvalue weighted by Crippen LogP contribution is -2.20. The van der Waals surface area contributed by atoms with Crippen LogP contribution in [0.5, 0.6) is 0 Å². The number of anilines is 1. The molecule has 1 N–H and O–H groups in total. The molecule has 0 aliphatic rings. The van der Waals surface area contributed by atoms with Gasteiger partial charge in [-0.05, 0) is 35.9 Å². The second-order valence-electron chi connectivity index (χ2n) is 4.98. The van der Waals surface area contributed by atoms with Crippen LogP contribution in [-0.4, -0.2) is 24.2 Å². The number of nitrogens with one attached hydrogen (secondary N) is 1. The molecule has 132 valence electrons. The standard InChI is InChI=1S/C19H15FN2O3S/c20-15-8-5-14(6-9-15)7-10-19(24)25-13-18(23)22-16-3-1-2-4-17(16)26-12-11-21/h1-10H,12-13H2,(H,22,23)/b10-7+. The third-order valence-corrected chi connectivity index (χ3v) is 4.02. The molecule has 0 bridgehead atoms. The Morgan fingerprint density at radius 3 is 2.65 bits per heavy atom. The molecular weight excluding hydrogens is 355 g/mol. The summed E-state index contributed by atoms with van der Waals surface area (Å²) in [6, 6.07) is 14.7. The summed E-state index contributed by atoms with van der Waals surface area (Å²) >= 11 is 1.30. The Bertz CT molecular complexity index is 845. The molecule has 0 heterocycles. The molecule has 0 unspecified atom stereocenters. The number of para-hydroxylation sites is 1. The van der Waals surface area contributed by atoms with Crippen LogP contribution >= 0.6 is 11.8 Å². The van der Waals surface area contributed by atoms with E-state index in [0.29, 0.717) is 11.3 Å². The molecule has 1 amide bonds. The van der Waals surface area contributed by atoms with Crippen molar-refractivity contribution in [3.05, 3.63) is 66.0 Å². The maximum absolute atomic E-state index is 12.8. The minimum atomic E-state index is -0.684. The summed E-state index contributed by atoms with van der Waals surface area (Å²) in [4.78, 5) is 24.3. The number of benzene rings is 2. The van der Waals surface area contributed by atoms with E-state index in [1.54, 1.807) is 24.3 Å². The number of nitriles is 1. The number of amides is 1. The number of esters is 1. The maximum atomic E-state index is 12.8. The number of rotatable bonds is 7. The summed E-state index contributed by atoms with van der Waals surface area (Å²) in [5.41, 5.74) is 1.19. The number of carbonyl (C=O) groups excluding carboxylic acids is 2. The van der Waals surface area contributed by atoms with Crippen molar-refractivity contribution in [1.29, 1.82) is 5.26 Å². The van der Waals surface area contributed by atoms with Gasteiger partial charge in [0.25, 0.3) is 5.91 Å². The minimum Gasteiger partial charge on any atom is -0.452 e. The second-order valence-corrected chi connectivity index (χ2v) is 6.00. The summed E-state index contributed by atoms with van der Waals surface area (Å²) in [6.07, 6.45) is 2.63. The highest BCUT2D eigenvalue weighted by atomic mass is 32.2. The van der Waals surface area contributed by atoms with Gasteiger partial charge in [-0.1, -0.05) is 24.3 Å². The largest absolute Gasteiger partial charge is 0.452 e. The van der Waals surface area contributed by atoms with Crippen molar-refractivity contribution in [1.82, 2.24) is 0 Å². The molecule has 0 atom stereocenters. The van der Waals surface area contributed by atoms with E-state index in [0.717, 1.165) is 11.0 Å². The van der Waals surface area contributed by atoms with Gasteiger partial charge in [-0.3, -0.25) is 4.79 Å². The van der Waals surface area contributed by atoms with Crippen molar-refractivity contribution in [3.63, 3.8) is 0 Å². The Balaban J connectivity index is 1.84. The molecule has 0 spiro atoms. The van der Waals surface area contributed by atoms with Crippen LogP contribution in [0.4, 0.5) is 10.1 Å². The number of hydrogen-bond donors (Lipinski definition) is 1. The van der Waals surface area contributed by atoms with E-state index in [2.05, 4.69) is 5.32 Å². The van der Waals surface area contributed by atoms with Crippen molar-refractivity contribution in [3.8, 4) is 6.07 Å². The molecule has 2 rings (SSSR count). The average Bonchev–Trinajstić information content (AvgIpc) is 2.65. The summed E-state index contributed by atoms with van der Waals surface area (Å²) in [5, 5.41) is 11.3. The quantitative estimate of drug-likeness (QED) is 0.457. The molecule has 0 fully saturated rings. The lowest BCUT2D eigenvalue weighted by molar-refractivity contribution is -0.142. The van der Waals surface area contributed by atoms with E-state index in [-0.39, 0.29) is 11.6 Å². The van der Waals surface area contributed by atoms with Gasteiger partial charge in [0.15, 0.2) is 6.61 Å². The first-order valence-electron chi connectivity index (χ1n) is 7.57. The first-order chi connectivity index (χ1) is 12.6. The van der Waals surface area contributed by atoms with Crippen LogP contribution in [0.2, 0.25) is 0 Å². The Morgan fingerprint density at radius 1 is 1.19 bits per heavy atom. The fourth-order valence-corrected chi connectivity index (χ4v) is 2.58. The first kappa shape index (κ1) is 19.2. The molecule has 0 saturated heterocycles. The van der Waals surface area contributed by atoms with Crippen LogP contribution in [0.25, 0.3) is 6.08 Å². The van der Waals surface area contributed by atoms with Gasteiger partial charge in [0.1, 0.15) is 5.82 Å². The van der Waals surface area contributed by atoms with Gasteiger partial charge in [-0.15, -0.1) is 11.8 Å². The van der Waals surface area contributed by atoms with E-state index in [9.17, 15) is 14.0 Å². The van der Waals surface area contributed by atoms with Crippen molar-refractivity contribution in [2.24, 2.45) is 0 Å². The van der Waals surface area contributed by atoms with Gasteiger partial charge < -0.3 is 10.1 Å². The Morgan fingerprint density at radius 2 is 1.92 bits per heavy atom. The van der Waals surface area contributed by atoms with Crippen LogP contribution in [0.3, 0.4) is 0 Å². The van der Waals surface area contributed by atoms with Crippen LogP contribution in [0.1, 0.15) is 5.56 Å². The highest BCUT2D eigenvalue weighted by Gasteiger charge is 2.09. The van der Waals surface area contributed by atoms with E-state index in [1.807, 2.05) is 6.07 Å². The van der Waals surface area contributed by atoms with E-state index < -0.39 is 18.5 Å². The molecule has 7 heteroatoms. The molecule has 26 heavy (non-hydrogen) atoms. The fraction of sp³-hybridized carbons (Fsp3) is 0.105. The molecule has 2 aromatic rings. The zero-order chi connectivity index (χ0) is 18.8. The summed E-state index contributed by atoms with van der Waals surface area (Å²) < 4.78 is 17.7. The topological polar surface area (TPSA) is 79.2 Å². The molecule has 0 aliphatic carbocycles. The lowest BCUT2D eigenvalue weighted by Gasteiger charge is -2.09. The highest BCUT2D eigenvalue weighted by Crippen LogP contribution is 2.26. The lowest BCUT2D eigenvalue weighted by atomic mass is 10.2. The predicted octanol–water partition coefficient (Wildman–Crippen LogP) is 3.64. The molecule has 0 aromatic heterocycles. The van der Waals surface area contributed by atoms with E-state index >= 15 is 0 Å². The first-order valence-corrected chi connectivity index (χ1v) is 8.56. The fourth-order valence-electron chi connectivity index (χ4n) is 1.92. The number of carbonyl (C=O) groups is 2. The van der Waals surface area contributed by atoms with Crippen molar-refractivity contribution < 1.29 is 18.7 Å². The smallest absolute Gasteiger partial charge is 0.331 e. The molecular formula is C19H15FN2O3S. The van der Waals surface area contributed by atoms with Crippen LogP contribution in [0.15, 0.2) is 59.5 Å². The number of nitrogens with zero attached hydrogens (tertiary/aromatic N) is 1. The Labute approximate surface area is 154 Å². The van der Waals surface area contributed by atoms with Gasteiger partial charge in [0.05, 0.1) is 17.5 Å². The van der Waals surface area contributed by atoms with Crippen LogP contribution in [-0.2, 0) is 14.3 Å². The highest BCUT2D eigenvalue weighted by molar-refractivity contribution is 7.99. The third kappa shape index (κ3) is 6.42. The predicted molar refractivity (Wildman–Crippen MR) is 97.8 cm³/mol. The van der Waals surface area contributed by atoms with Crippen LogP contribution in [0, 0.1) is 17.1 Å². The van der Waals surface area contributed by atoms with Crippen molar-refractivity contribution in [2.45, 2.75) is 4.90 Å². The summed E-state index contributed by atoms with van der Waals surface area (Å²) in [7, 11) is 0. The Hall–Kier alpha value is -3.11. The van der Waals surface area contributed by atoms with Gasteiger partial charge in [0.2, 0.25) is 0 Å². The SMILES string of the molecule is N#CCSc1ccccc1NC(=O)COC(=O)/C=C/c1ccc(F)cc1. The normalized spacial score (nSPS) is 10.3. The minimum absolute atomic E-state index is 0.260. The summed E-state index contributed by atoms with van der Waals surface area (Å²) in [5.74, 6) is -1.28. The molecule has 0 aliphatic heterocycles. The monoisotopic (exact) mass is 370 g/mol. The second kappa shape index (κ2) is 10.0. The van der Waals surface area contributed by atoms with Gasteiger partial charge in [-0.2, -0.15) is 5.26 Å². The number of ether oxygens (including phenoxy) is 1. The Kier molecular flexibility index (Phi) is 7.40. The average molecular weight is 370 g/mol. The van der Waals surface area contributed by atoms with Gasteiger partial charge in [0, 0.05) is 11.0 Å². The van der Waals surface area contributed by atoms with E-state index in [1.165, 1.54) is 42.1 Å². The number of halogens is 1. The number of thioether (sulfide) groups is 1. The van der Waals surface area contributed by atoms with Gasteiger partial charge in [-0.25, -0.2) is 9.18 Å². The van der Waals surface area contributed by atoms with E-state index in [4.69, 9.17) is 10.00 Å². The van der Waals surface area contributed by atoms with Crippen molar-refractivity contribution >= 4 is 35.4 Å².